The Bertz CT molecular complexity index is 953. The first-order valence-corrected chi connectivity index (χ1v) is 12.6. The van der Waals surface area contributed by atoms with Crippen LogP contribution in [0.1, 0.15) is 23.5 Å². The number of amides is 2. The predicted octanol–water partition coefficient (Wildman–Crippen LogP) is 3.21. The van der Waals surface area contributed by atoms with Crippen LogP contribution in [-0.2, 0) is 19.1 Å². The molecule has 0 spiro atoms. The molecular formula is C25H30N2O6S. The van der Waals surface area contributed by atoms with E-state index in [1.807, 2.05) is 30.5 Å². The second-order valence-corrected chi connectivity index (χ2v) is 8.80. The summed E-state index contributed by atoms with van der Waals surface area (Å²) in [6, 6.07) is 16.3. The highest BCUT2D eigenvalue weighted by molar-refractivity contribution is 7.98. The summed E-state index contributed by atoms with van der Waals surface area (Å²) in [7, 11) is 0. The van der Waals surface area contributed by atoms with Crippen LogP contribution in [0.3, 0.4) is 0 Å². The fraction of sp³-hybridized carbons (Fsp3) is 0.400. The van der Waals surface area contributed by atoms with Crippen LogP contribution in [0.25, 0.3) is 11.1 Å². The molecule has 3 rings (SSSR count). The Balaban J connectivity index is 1.35. The molecule has 8 nitrogen and oxygen atoms in total. The molecule has 0 unspecified atom stereocenters. The number of hydrogen-bond acceptors (Lipinski definition) is 6. The minimum atomic E-state index is -1.04. The molecule has 182 valence electrons. The Kier molecular flexibility index (Phi) is 9.78. The van der Waals surface area contributed by atoms with Gasteiger partial charge >= 0.3 is 12.1 Å². The van der Waals surface area contributed by atoms with Crippen LogP contribution in [0.15, 0.2) is 48.5 Å². The first-order valence-electron chi connectivity index (χ1n) is 11.2. The van der Waals surface area contributed by atoms with E-state index in [9.17, 15) is 14.4 Å². The Morgan fingerprint density at radius 1 is 1.03 bits per heavy atom. The third kappa shape index (κ3) is 6.98. The first kappa shape index (κ1) is 25.6. The van der Waals surface area contributed by atoms with Gasteiger partial charge in [-0.05, 0) is 28.5 Å². The molecule has 0 aromatic heterocycles. The number of alkyl carbamates (subject to hydrolysis) is 1. The van der Waals surface area contributed by atoms with Crippen molar-refractivity contribution in [1.82, 2.24) is 10.2 Å². The second kappa shape index (κ2) is 13.0. The Morgan fingerprint density at radius 2 is 1.68 bits per heavy atom. The number of carboxylic acid groups (broad SMARTS) is 1. The monoisotopic (exact) mass is 486 g/mol. The van der Waals surface area contributed by atoms with E-state index in [2.05, 4.69) is 29.6 Å². The van der Waals surface area contributed by atoms with E-state index in [-0.39, 0.29) is 51.2 Å². The van der Waals surface area contributed by atoms with Crippen molar-refractivity contribution in [3.8, 4) is 11.1 Å². The van der Waals surface area contributed by atoms with Crippen molar-refractivity contribution in [1.29, 1.82) is 0 Å². The van der Waals surface area contributed by atoms with E-state index in [1.54, 1.807) is 11.8 Å². The number of carboxylic acids is 1. The molecule has 0 radical (unpaired) electrons. The fourth-order valence-electron chi connectivity index (χ4n) is 3.95. The molecule has 1 aliphatic carbocycles. The highest BCUT2D eigenvalue weighted by Gasteiger charge is 2.28. The number of thioether (sulfide) groups is 1. The maximum atomic E-state index is 12.2. The zero-order chi connectivity index (χ0) is 24.3. The Hall–Kier alpha value is -3.04. The zero-order valence-corrected chi connectivity index (χ0v) is 20.0. The molecule has 34 heavy (non-hydrogen) atoms. The van der Waals surface area contributed by atoms with Crippen molar-refractivity contribution in [2.75, 3.05) is 51.5 Å². The van der Waals surface area contributed by atoms with Crippen LogP contribution in [0.5, 0.6) is 0 Å². The quantitative estimate of drug-likeness (QED) is 0.419. The summed E-state index contributed by atoms with van der Waals surface area (Å²) in [5.74, 6) is -0.631. The molecule has 0 saturated heterocycles. The number of rotatable bonds is 13. The lowest BCUT2D eigenvalue weighted by molar-refractivity contribution is -0.144. The van der Waals surface area contributed by atoms with Gasteiger partial charge in [0.05, 0.1) is 19.6 Å². The molecule has 2 amide bonds. The van der Waals surface area contributed by atoms with Crippen LogP contribution in [0.4, 0.5) is 4.79 Å². The maximum Gasteiger partial charge on any atom is 0.407 e. The van der Waals surface area contributed by atoms with Crippen molar-refractivity contribution in [2.45, 2.75) is 12.3 Å². The summed E-state index contributed by atoms with van der Waals surface area (Å²) in [4.78, 5) is 36.6. The maximum absolute atomic E-state index is 12.2. The van der Waals surface area contributed by atoms with Gasteiger partial charge in [-0.15, -0.1) is 0 Å². The standard InChI is InChI=1S/C25H30N2O6S/c1-34-15-12-27(16-24(29)30)23(28)10-13-32-14-11-26-25(31)33-17-22-20-8-4-2-6-18(20)19-7-3-5-9-21(19)22/h2-9,22H,10-17H2,1H3,(H,26,31)(H,29,30). The average Bonchev–Trinajstić information content (AvgIpc) is 3.16. The van der Waals surface area contributed by atoms with Gasteiger partial charge in [0, 0.05) is 24.8 Å². The molecule has 2 N–H and O–H groups in total. The lowest BCUT2D eigenvalue weighted by Crippen LogP contribution is -2.37. The number of carbonyl (C=O) groups excluding carboxylic acids is 2. The molecule has 0 saturated carbocycles. The third-order valence-electron chi connectivity index (χ3n) is 5.56. The van der Waals surface area contributed by atoms with Gasteiger partial charge in [0.25, 0.3) is 0 Å². The van der Waals surface area contributed by atoms with E-state index < -0.39 is 12.1 Å². The van der Waals surface area contributed by atoms with Crippen molar-refractivity contribution in [2.24, 2.45) is 0 Å². The zero-order valence-electron chi connectivity index (χ0n) is 19.2. The van der Waals surface area contributed by atoms with Gasteiger partial charge in [-0.1, -0.05) is 48.5 Å². The smallest absolute Gasteiger partial charge is 0.407 e. The number of fused-ring (bicyclic) bond motifs is 3. The largest absolute Gasteiger partial charge is 0.480 e. The topological polar surface area (TPSA) is 105 Å². The summed E-state index contributed by atoms with van der Waals surface area (Å²) >= 11 is 1.55. The van der Waals surface area contributed by atoms with Crippen molar-refractivity contribution < 1.29 is 29.0 Å². The van der Waals surface area contributed by atoms with Crippen molar-refractivity contribution in [3.05, 3.63) is 59.7 Å². The average molecular weight is 487 g/mol. The highest BCUT2D eigenvalue weighted by Crippen LogP contribution is 2.44. The van der Waals surface area contributed by atoms with Gasteiger partial charge in [-0.25, -0.2) is 4.79 Å². The van der Waals surface area contributed by atoms with E-state index in [4.69, 9.17) is 14.6 Å². The number of carbonyl (C=O) groups is 3. The van der Waals surface area contributed by atoms with Crippen LogP contribution in [-0.4, -0.2) is 79.4 Å². The van der Waals surface area contributed by atoms with Gasteiger partial charge in [0.1, 0.15) is 13.2 Å². The number of ether oxygens (including phenoxy) is 2. The van der Waals surface area contributed by atoms with E-state index >= 15 is 0 Å². The minimum Gasteiger partial charge on any atom is -0.480 e. The molecule has 0 atom stereocenters. The van der Waals surface area contributed by atoms with Gasteiger partial charge in [-0.2, -0.15) is 11.8 Å². The number of nitrogens with one attached hydrogen (secondary N) is 1. The fourth-order valence-corrected chi connectivity index (χ4v) is 4.35. The van der Waals surface area contributed by atoms with Gasteiger partial charge in [0.15, 0.2) is 0 Å². The summed E-state index contributed by atoms with van der Waals surface area (Å²) in [5, 5.41) is 11.6. The minimum absolute atomic E-state index is 0.000249. The lowest BCUT2D eigenvalue weighted by atomic mass is 9.98. The molecule has 0 fully saturated rings. The number of nitrogens with zero attached hydrogens (tertiary/aromatic N) is 1. The molecule has 0 aliphatic heterocycles. The van der Waals surface area contributed by atoms with E-state index in [0.29, 0.717) is 12.3 Å². The normalized spacial score (nSPS) is 12.0. The third-order valence-corrected chi connectivity index (χ3v) is 6.15. The highest BCUT2D eigenvalue weighted by atomic mass is 32.2. The predicted molar refractivity (Wildman–Crippen MR) is 131 cm³/mol. The van der Waals surface area contributed by atoms with E-state index in [1.165, 1.54) is 16.0 Å². The molecule has 2 aromatic carbocycles. The van der Waals surface area contributed by atoms with Crippen molar-refractivity contribution >= 4 is 29.7 Å². The Labute approximate surface area is 203 Å². The van der Waals surface area contributed by atoms with Crippen LogP contribution < -0.4 is 5.32 Å². The van der Waals surface area contributed by atoms with Gasteiger partial charge < -0.3 is 24.8 Å². The number of benzene rings is 2. The summed E-state index contributed by atoms with van der Waals surface area (Å²) in [5.41, 5.74) is 4.65. The number of aliphatic carboxylic acids is 1. The molecule has 0 bridgehead atoms. The van der Waals surface area contributed by atoms with Gasteiger partial charge in [-0.3, -0.25) is 9.59 Å². The SMILES string of the molecule is CSCCN(CC(=O)O)C(=O)CCOCCNC(=O)OCC1c2ccccc2-c2ccccc21. The molecule has 2 aromatic rings. The van der Waals surface area contributed by atoms with Crippen molar-refractivity contribution in [3.63, 3.8) is 0 Å². The second-order valence-electron chi connectivity index (χ2n) is 7.82. The summed E-state index contributed by atoms with van der Waals surface area (Å²) < 4.78 is 10.9. The van der Waals surface area contributed by atoms with Crippen LogP contribution in [0, 0.1) is 0 Å². The molecule has 1 aliphatic rings. The first-order chi connectivity index (χ1) is 16.5. The lowest BCUT2D eigenvalue weighted by Gasteiger charge is -2.20. The molecule has 9 heteroatoms. The van der Waals surface area contributed by atoms with Crippen LogP contribution in [0.2, 0.25) is 0 Å². The van der Waals surface area contributed by atoms with Gasteiger partial charge in [0.2, 0.25) is 5.91 Å². The summed E-state index contributed by atoms with van der Waals surface area (Å²) in [6.45, 7) is 0.932. The van der Waals surface area contributed by atoms with Crippen LogP contribution >= 0.6 is 11.8 Å². The summed E-state index contributed by atoms with van der Waals surface area (Å²) in [6.07, 6.45) is 1.47. The molecule has 0 heterocycles. The number of hydrogen-bond donors (Lipinski definition) is 2. The van der Waals surface area contributed by atoms with E-state index in [0.717, 1.165) is 11.1 Å². The Morgan fingerprint density at radius 3 is 2.29 bits per heavy atom. The molecular weight excluding hydrogens is 456 g/mol.